The molecule has 2 N–H and O–H groups in total. The first-order valence-corrected chi connectivity index (χ1v) is 6.26. The van der Waals surface area contributed by atoms with Crippen LogP contribution in [0.3, 0.4) is 0 Å². The van der Waals surface area contributed by atoms with Crippen molar-refractivity contribution in [2.75, 3.05) is 0 Å². The lowest BCUT2D eigenvalue weighted by Gasteiger charge is -2.13. The van der Waals surface area contributed by atoms with Crippen molar-refractivity contribution in [3.8, 4) is 0 Å². The summed E-state index contributed by atoms with van der Waals surface area (Å²) in [4.78, 5) is 10.8. The van der Waals surface area contributed by atoms with E-state index in [1.807, 2.05) is 13.8 Å². The number of urea groups is 1. The molecule has 0 spiro atoms. The Bertz CT molecular complexity index is 135. The van der Waals surface area contributed by atoms with Crippen molar-refractivity contribution in [2.45, 2.75) is 72.9 Å². The van der Waals surface area contributed by atoms with Crippen LogP contribution >= 0.6 is 0 Å². The molecule has 15 heavy (non-hydrogen) atoms. The van der Waals surface area contributed by atoms with Crippen LogP contribution < -0.4 is 10.6 Å². The molecule has 0 bridgehead atoms. The Morgan fingerprint density at radius 2 is 1.20 bits per heavy atom. The van der Waals surface area contributed by atoms with Gasteiger partial charge in [-0.25, -0.2) is 4.79 Å². The lowest BCUT2D eigenvalue weighted by atomic mass is 10.1. The molecule has 0 aliphatic carbocycles. The van der Waals surface area contributed by atoms with E-state index in [1.165, 1.54) is 6.42 Å². The molecule has 1 heterocycles. The summed E-state index contributed by atoms with van der Waals surface area (Å²) < 4.78 is 0. The maximum Gasteiger partial charge on any atom is 0.315 e. The van der Waals surface area contributed by atoms with Gasteiger partial charge in [-0.15, -0.1) is 0 Å². The molecule has 92 valence electrons. The van der Waals surface area contributed by atoms with Gasteiger partial charge < -0.3 is 10.6 Å². The lowest BCUT2D eigenvalue weighted by molar-refractivity contribution is 0.247. The van der Waals surface area contributed by atoms with Gasteiger partial charge in [0.25, 0.3) is 0 Å². The monoisotopic (exact) mass is 216 g/mol. The zero-order chi connectivity index (χ0) is 12.3. The Morgan fingerprint density at radius 1 is 0.933 bits per heavy atom. The first kappa shape index (κ1) is 16.7. The summed E-state index contributed by atoms with van der Waals surface area (Å²) in [5.74, 6) is 0. The van der Waals surface area contributed by atoms with Crippen LogP contribution in [0.5, 0.6) is 0 Å². The second kappa shape index (κ2) is 11.3. The summed E-state index contributed by atoms with van der Waals surface area (Å²) in [5.41, 5.74) is 0. The van der Waals surface area contributed by atoms with Crippen LogP contribution in [0, 0.1) is 0 Å². The van der Waals surface area contributed by atoms with Crippen molar-refractivity contribution in [1.82, 2.24) is 10.6 Å². The maximum atomic E-state index is 10.8. The molecule has 0 saturated carbocycles. The predicted octanol–water partition coefficient (Wildman–Crippen LogP) is 3.30. The summed E-state index contributed by atoms with van der Waals surface area (Å²) >= 11 is 0. The van der Waals surface area contributed by atoms with Crippen LogP contribution in [0.2, 0.25) is 0 Å². The Balaban J connectivity index is 0. The van der Waals surface area contributed by atoms with Crippen LogP contribution in [0.25, 0.3) is 0 Å². The molecule has 0 radical (unpaired) electrons. The molecule has 1 fully saturated rings. The standard InChI is InChI=1S/C7H14N2O.C3H8.C2H6/c1-3-5-6(4-2)9-7(10)8-5;1-3-2;1-2/h5-6H,3-4H2,1-2H3,(H2,8,9,10);3H2,1-2H3;1-2H3. The molecule has 2 unspecified atom stereocenters. The molecule has 1 rings (SSSR count). The zero-order valence-corrected chi connectivity index (χ0v) is 11.2. The summed E-state index contributed by atoms with van der Waals surface area (Å²) in [6.07, 6.45) is 3.27. The van der Waals surface area contributed by atoms with Gasteiger partial charge in [0.2, 0.25) is 0 Å². The number of amides is 2. The first-order valence-electron chi connectivity index (χ1n) is 6.26. The largest absolute Gasteiger partial charge is 0.333 e. The highest BCUT2D eigenvalue weighted by atomic mass is 16.2. The Labute approximate surface area is 95.0 Å². The van der Waals surface area contributed by atoms with Crippen LogP contribution in [-0.4, -0.2) is 18.1 Å². The number of hydrogen-bond acceptors (Lipinski definition) is 1. The van der Waals surface area contributed by atoms with Crippen LogP contribution in [0.1, 0.15) is 60.8 Å². The molecule has 1 aliphatic rings. The van der Waals surface area contributed by atoms with Crippen LogP contribution in [-0.2, 0) is 0 Å². The summed E-state index contributed by atoms with van der Waals surface area (Å²) in [5, 5.41) is 5.71. The normalized spacial score (nSPS) is 22.7. The highest BCUT2D eigenvalue weighted by molar-refractivity contribution is 5.77. The minimum Gasteiger partial charge on any atom is -0.333 e. The molecule has 3 nitrogen and oxygen atoms in total. The molecule has 2 amide bonds. The van der Waals surface area contributed by atoms with Crippen molar-refractivity contribution >= 4 is 6.03 Å². The van der Waals surface area contributed by atoms with Gasteiger partial charge in [0.1, 0.15) is 0 Å². The average molecular weight is 216 g/mol. The van der Waals surface area contributed by atoms with E-state index in [0.29, 0.717) is 12.1 Å². The van der Waals surface area contributed by atoms with Crippen molar-refractivity contribution in [2.24, 2.45) is 0 Å². The van der Waals surface area contributed by atoms with Gasteiger partial charge in [-0.05, 0) is 12.8 Å². The van der Waals surface area contributed by atoms with E-state index in [-0.39, 0.29) is 6.03 Å². The second-order valence-corrected chi connectivity index (χ2v) is 3.35. The van der Waals surface area contributed by atoms with Gasteiger partial charge in [0.15, 0.2) is 0 Å². The summed E-state index contributed by atoms with van der Waals surface area (Å²) in [6, 6.07) is 0.675. The van der Waals surface area contributed by atoms with E-state index >= 15 is 0 Å². The molecule has 1 saturated heterocycles. The van der Waals surface area contributed by atoms with E-state index in [1.54, 1.807) is 0 Å². The molecular weight excluding hydrogens is 188 g/mol. The van der Waals surface area contributed by atoms with E-state index < -0.39 is 0 Å². The molecule has 0 aromatic rings. The minimum absolute atomic E-state index is 0.0151. The first-order chi connectivity index (χ1) is 7.19. The quantitative estimate of drug-likeness (QED) is 0.730. The van der Waals surface area contributed by atoms with Gasteiger partial charge in [-0.3, -0.25) is 0 Å². The third-order valence-corrected chi connectivity index (χ3v) is 2.00. The topological polar surface area (TPSA) is 41.1 Å². The van der Waals surface area contributed by atoms with E-state index in [9.17, 15) is 4.79 Å². The van der Waals surface area contributed by atoms with Gasteiger partial charge >= 0.3 is 6.03 Å². The van der Waals surface area contributed by atoms with Gasteiger partial charge in [0, 0.05) is 0 Å². The molecule has 3 heteroatoms. The number of carbonyl (C=O) groups excluding carboxylic acids is 1. The van der Waals surface area contributed by atoms with Gasteiger partial charge in [0.05, 0.1) is 12.1 Å². The fraction of sp³-hybridized carbons (Fsp3) is 0.917. The predicted molar refractivity (Wildman–Crippen MR) is 67.1 cm³/mol. The van der Waals surface area contributed by atoms with Crippen molar-refractivity contribution in [1.29, 1.82) is 0 Å². The van der Waals surface area contributed by atoms with Gasteiger partial charge in [-0.1, -0.05) is 48.0 Å². The van der Waals surface area contributed by atoms with E-state index in [2.05, 4.69) is 38.3 Å². The number of carbonyl (C=O) groups is 1. The lowest BCUT2D eigenvalue weighted by Crippen LogP contribution is -2.31. The third kappa shape index (κ3) is 7.23. The SMILES string of the molecule is CC.CCC.CCC1NC(=O)NC1CC. The minimum atomic E-state index is -0.0151. The van der Waals surface area contributed by atoms with E-state index in [0.717, 1.165) is 12.8 Å². The molecular formula is C12H28N2O. The van der Waals surface area contributed by atoms with Crippen molar-refractivity contribution < 1.29 is 4.79 Å². The second-order valence-electron chi connectivity index (χ2n) is 3.35. The Kier molecular flexibility index (Phi) is 12.6. The number of nitrogens with one attached hydrogen (secondary N) is 2. The Morgan fingerprint density at radius 3 is 1.40 bits per heavy atom. The highest BCUT2D eigenvalue weighted by Gasteiger charge is 2.27. The molecule has 1 aliphatic heterocycles. The number of hydrogen-bond donors (Lipinski definition) is 2. The zero-order valence-electron chi connectivity index (χ0n) is 11.2. The van der Waals surface area contributed by atoms with Crippen molar-refractivity contribution in [3.63, 3.8) is 0 Å². The fourth-order valence-electron chi connectivity index (χ4n) is 1.35. The third-order valence-electron chi connectivity index (χ3n) is 2.00. The smallest absolute Gasteiger partial charge is 0.315 e. The summed E-state index contributed by atoms with van der Waals surface area (Å²) in [7, 11) is 0. The fourth-order valence-corrected chi connectivity index (χ4v) is 1.35. The van der Waals surface area contributed by atoms with Gasteiger partial charge in [-0.2, -0.15) is 0 Å². The Hall–Kier alpha value is -0.730. The summed E-state index contributed by atoms with van der Waals surface area (Å²) in [6.45, 7) is 12.4. The molecule has 0 aromatic heterocycles. The maximum absolute atomic E-state index is 10.8. The average Bonchev–Trinajstić information content (AvgIpc) is 2.63. The van der Waals surface area contributed by atoms with Crippen LogP contribution in [0.4, 0.5) is 4.79 Å². The van der Waals surface area contributed by atoms with E-state index in [4.69, 9.17) is 0 Å². The van der Waals surface area contributed by atoms with Crippen LogP contribution in [0.15, 0.2) is 0 Å². The van der Waals surface area contributed by atoms with Crippen molar-refractivity contribution in [3.05, 3.63) is 0 Å². The molecule has 0 aromatic carbocycles. The highest BCUT2D eigenvalue weighted by Crippen LogP contribution is 2.07. The number of rotatable bonds is 2. The molecule has 2 atom stereocenters.